The number of Topliss-reactive ketones (excluding diaryl/α,β-unsaturated/α-hetero) is 2. The van der Waals surface area contributed by atoms with E-state index < -0.39 is 0 Å². The zero-order chi connectivity index (χ0) is 13.8. The van der Waals surface area contributed by atoms with Crippen molar-refractivity contribution in [2.75, 3.05) is 32.7 Å². The average molecular weight is 266 g/mol. The minimum absolute atomic E-state index is 0.138. The van der Waals surface area contributed by atoms with Crippen LogP contribution in [-0.4, -0.2) is 49.2 Å². The molecular weight excluding hydrogens is 240 g/mol. The summed E-state index contributed by atoms with van der Waals surface area (Å²) in [7, 11) is 0. The Balaban J connectivity index is 1.63. The van der Waals surface area contributed by atoms with Crippen LogP contribution in [0.4, 0.5) is 0 Å². The number of ketones is 2. The van der Waals surface area contributed by atoms with Gasteiger partial charge in [0.2, 0.25) is 0 Å². The van der Waals surface area contributed by atoms with E-state index in [0.29, 0.717) is 24.0 Å². The van der Waals surface area contributed by atoms with Crippen LogP contribution in [0.1, 0.15) is 33.1 Å². The molecule has 0 aliphatic carbocycles. The molecule has 2 heterocycles. The number of carbonyl (C=O) groups excluding carboxylic acids is 2. The molecule has 0 aromatic rings. The zero-order valence-electron chi connectivity index (χ0n) is 12.2. The normalized spacial score (nSPS) is 26.1. The SMILES string of the molecule is CC(=O)CC1CN(CC(C)C(=O)CC2CCNC2)C1. The molecule has 2 rings (SSSR count). The van der Waals surface area contributed by atoms with Crippen LogP contribution in [0.2, 0.25) is 0 Å². The van der Waals surface area contributed by atoms with Gasteiger partial charge in [0, 0.05) is 38.4 Å². The van der Waals surface area contributed by atoms with Gasteiger partial charge in [-0.3, -0.25) is 4.79 Å². The Kier molecular flexibility index (Phi) is 5.11. The first-order valence-electron chi connectivity index (χ1n) is 7.49. The lowest BCUT2D eigenvalue weighted by molar-refractivity contribution is -0.125. The van der Waals surface area contributed by atoms with E-state index in [1.807, 2.05) is 6.92 Å². The molecule has 108 valence electrons. The van der Waals surface area contributed by atoms with Crippen molar-refractivity contribution in [2.24, 2.45) is 17.8 Å². The van der Waals surface area contributed by atoms with Crippen molar-refractivity contribution in [3.63, 3.8) is 0 Å². The predicted octanol–water partition coefficient (Wildman–Crippen LogP) is 1.10. The van der Waals surface area contributed by atoms with Crippen molar-refractivity contribution in [3.8, 4) is 0 Å². The maximum atomic E-state index is 12.1. The van der Waals surface area contributed by atoms with Crippen LogP contribution in [0.5, 0.6) is 0 Å². The molecule has 1 N–H and O–H groups in total. The van der Waals surface area contributed by atoms with Crippen LogP contribution >= 0.6 is 0 Å². The predicted molar refractivity (Wildman–Crippen MR) is 75.0 cm³/mol. The highest BCUT2D eigenvalue weighted by molar-refractivity contribution is 5.81. The largest absolute Gasteiger partial charge is 0.316 e. The fourth-order valence-electron chi connectivity index (χ4n) is 3.23. The van der Waals surface area contributed by atoms with E-state index >= 15 is 0 Å². The van der Waals surface area contributed by atoms with Crippen molar-refractivity contribution < 1.29 is 9.59 Å². The molecule has 0 aromatic carbocycles. The van der Waals surface area contributed by atoms with E-state index in [9.17, 15) is 9.59 Å². The highest BCUT2D eigenvalue weighted by Crippen LogP contribution is 2.22. The molecule has 2 unspecified atom stereocenters. The maximum absolute atomic E-state index is 12.1. The summed E-state index contributed by atoms with van der Waals surface area (Å²) < 4.78 is 0. The Labute approximate surface area is 115 Å². The molecule has 4 nitrogen and oxygen atoms in total. The van der Waals surface area contributed by atoms with Gasteiger partial charge in [0.1, 0.15) is 11.6 Å². The molecule has 2 aliphatic rings. The average Bonchev–Trinajstić information content (AvgIpc) is 2.78. The van der Waals surface area contributed by atoms with Crippen molar-refractivity contribution in [3.05, 3.63) is 0 Å². The Morgan fingerprint density at radius 3 is 2.58 bits per heavy atom. The summed E-state index contributed by atoms with van der Waals surface area (Å²) in [5.41, 5.74) is 0. The van der Waals surface area contributed by atoms with E-state index in [2.05, 4.69) is 10.2 Å². The number of hydrogen-bond acceptors (Lipinski definition) is 4. The van der Waals surface area contributed by atoms with Crippen LogP contribution in [0, 0.1) is 17.8 Å². The van der Waals surface area contributed by atoms with Gasteiger partial charge in [0.25, 0.3) is 0 Å². The summed E-state index contributed by atoms with van der Waals surface area (Å²) in [6, 6.07) is 0. The van der Waals surface area contributed by atoms with Gasteiger partial charge in [0.15, 0.2) is 0 Å². The van der Waals surface area contributed by atoms with Gasteiger partial charge in [-0.15, -0.1) is 0 Å². The third-order valence-electron chi connectivity index (χ3n) is 4.34. The Bertz CT molecular complexity index is 331. The number of nitrogens with one attached hydrogen (secondary N) is 1. The van der Waals surface area contributed by atoms with E-state index in [-0.39, 0.29) is 11.7 Å². The maximum Gasteiger partial charge on any atom is 0.137 e. The number of likely N-dealkylation sites (tertiary alicyclic amines) is 1. The number of rotatable bonds is 7. The summed E-state index contributed by atoms with van der Waals surface area (Å²) >= 11 is 0. The first-order chi connectivity index (χ1) is 9.04. The van der Waals surface area contributed by atoms with Gasteiger partial charge in [-0.1, -0.05) is 6.92 Å². The minimum atomic E-state index is 0.138. The van der Waals surface area contributed by atoms with Crippen LogP contribution in [-0.2, 0) is 9.59 Å². The monoisotopic (exact) mass is 266 g/mol. The van der Waals surface area contributed by atoms with Gasteiger partial charge in [-0.05, 0) is 38.3 Å². The smallest absolute Gasteiger partial charge is 0.137 e. The molecule has 0 aromatic heterocycles. The second-order valence-corrected chi connectivity index (χ2v) is 6.42. The summed E-state index contributed by atoms with van der Waals surface area (Å²) in [4.78, 5) is 25.4. The van der Waals surface area contributed by atoms with E-state index in [1.165, 1.54) is 0 Å². The second kappa shape index (κ2) is 6.62. The van der Waals surface area contributed by atoms with Crippen molar-refractivity contribution in [1.82, 2.24) is 10.2 Å². The molecule has 0 radical (unpaired) electrons. The van der Waals surface area contributed by atoms with Gasteiger partial charge in [-0.2, -0.15) is 0 Å². The van der Waals surface area contributed by atoms with Gasteiger partial charge in [0.05, 0.1) is 0 Å². The van der Waals surface area contributed by atoms with Crippen LogP contribution in [0.25, 0.3) is 0 Å². The van der Waals surface area contributed by atoms with Gasteiger partial charge < -0.3 is 15.0 Å². The quantitative estimate of drug-likeness (QED) is 0.750. The van der Waals surface area contributed by atoms with Crippen molar-refractivity contribution in [1.29, 1.82) is 0 Å². The van der Waals surface area contributed by atoms with Crippen molar-refractivity contribution in [2.45, 2.75) is 33.1 Å². The molecule has 2 saturated heterocycles. The van der Waals surface area contributed by atoms with E-state index in [1.54, 1.807) is 6.92 Å². The van der Waals surface area contributed by atoms with Crippen LogP contribution in [0.15, 0.2) is 0 Å². The summed E-state index contributed by atoms with van der Waals surface area (Å²) in [5.74, 6) is 1.90. The molecule has 0 spiro atoms. The van der Waals surface area contributed by atoms with E-state index in [0.717, 1.165) is 45.6 Å². The molecule has 2 atom stereocenters. The molecule has 4 heteroatoms. The minimum Gasteiger partial charge on any atom is -0.316 e. The van der Waals surface area contributed by atoms with Crippen LogP contribution in [0.3, 0.4) is 0 Å². The number of hydrogen-bond donors (Lipinski definition) is 1. The highest BCUT2D eigenvalue weighted by Gasteiger charge is 2.30. The molecule has 2 fully saturated rings. The topological polar surface area (TPSA) is 49.4 Å². The Morgan fingerprint density at radius 2 is 2.00 bits per heavy atom. The fraction of sp³-hybridized carbons (Fsp3) is 0.867. The molecule has 0 bridgehead atoms. The second-order valence-electron chi connectivity index (χ2n) is 6.42. The fourth-order valence-corrected chi connectivity index (χ4v) is 3.23. The molecular formula is C15H26N2O2. The molecule has 19 heavy (non-hydrogen) atoms. The van der Waals surface area contributed by atoms with E-state index in [4.69, 9.17) is 0 Å². The lowest BCUT2D eigenvalue weighted by atomic mass is 9.90. The third kappa shape index (κ3) is 4.39. The summed E-state index contributed by atoms with van der Waals surface area (Å²) in [5, 5.41) is 3.31. The Hall–Kier alpha value is -0.740. The molecule has 0 amide bonds. The van der Waals surface area contributed by atoms with Gasteiger partial charge >= 0.3 is 0 Å². The van der Waals surface area contributed by atoms with Crippen LogP contribution < -0.4 is 5.32 Å². The molecule has 0 saturated carbocycles. The summed E-state index contributed by atoms with van der Waals surface area (Å²) in [6.45, 7) is 8.61. The first kappa shape index (κ1) is 14.7. The molecule has 2 aliphatic heterocycles. The zero-order valence-corrected chi connectivity index (χ0v) is 12.2. The number of carbonyl (C=O) groups is 2. The number of nitrogens with zero attached hydrogens (tertiary/aromatic N) is 1. The third-order valence-corrected chi connectivity index (χ3v) is 4.34. The van der Waals surface area contributed by atoms with Gasteiger partial charge in [-0.25, -0.2) is 0 Å². The lowest BCUT2D eigenvalue weighted by Crippen LogP contribution is -2.49. The highest BCUT2D eigenvalue weighted by atomic mass is 16.1. The standard InChI is InChI=1S/C15H26N2O2/c1-11(15(19)6-13-3-4-16-7-13)8-17-9-14(10-17)5-12(2)18/h11,13-14,16H,3-10H2,1-2H3. The first-order valence-corrected chi connectivity index (χ1v) is 7.49. The summed E-state index contributed by atoms with van der Waals surface area (Å²) in [6.07, 6.45) is 2.58. The Morgan fingerprint density at radius 1 is 1.26 bits per heavy atom. The lowest BCUT2D eigenvalue weighted by Gasteiger charge is -2.40. The van der Waals surface area contributed by atoms with Crippen molar-refractivity contribution >= 4 is 11.6 Å².